The van der Waals surface area contributed by atoms with Gasteiger partial charge in [-0.1, -0.05) is 33.6 Å². The molecular formula is C13H8BrClFNO. The minimum atomic E-state index is -0.403. The molecule has 1 heterocycles. The Hall–Kier alpha value is -1.26. The van der Waals surface area contributed by atoms with Crippen molar-refractivity contribution in [2.24, 2.45) is 0 Å². The largest absolute Gasteiger partial charge is 0.294 e. The molecule has 0 radical (unpaired) electrons. The molecule has 0 amide bonds. The van der Waals surface area contributed by atoms with Crippen LogP contribution in [0.5, 0.6) is 0 Å². The second-order valence-corrected chi connectivity index (χ2v) is 5.01. The summed E-state index contributed by atoms with van der Waals surface area (Å²) < 4.78 is 14.2. The van der Waals surface area contributed by atoms with E-state index >= 15 is 0 Å². The van der Waals surface area contributed by atoms with Crippen LogP contribution in [0, 0.1) is 5.82 Å². The molecule has 0 bridgehead atoms. The third-order valence-corrected chi connectivity index (χ3v) is 3.13. The van der Waals surface area contributed by atoms with Gasteiger partial charge in [0.05, 0.1) is 0 Å². The van der Waals surface area contributed by atoms with Crippen molar-refractivity contribution in [1.29, 1.82) is 0 Å². The van der Waals surface area contributed by atoms with Gasteiger partial charge in [0, 0.05) is 22.7 Å². The fourth-order valence-electron chi connectivity index (χ4n) is 1.48. The van der Waals surface area contributed by atoms with Crippen LogP contribution >= 0.6 is 27.5 Å². The van der Waals surface area contributed by atoms with Crippen LogP contribution in [0.4, 0.5) is 4.39 Å². The van der Waals surface area contributed by atoms with E-state index in [0.29, 0.717) is 20.8 Å². The second-order valence-electron chi connectivity index (χ2n) is 3.71. The normalized spacial score (nSPS) is 10.4. The van der Waals surface area contributed by atoms with E-state index < -0.39 is 5.82 Å². The molecule has 0 saturated heterocycles. The van der Waals surface area contributed by atoms with Gasteiger partial charge in [-0.3, -0.25) is 4.79 Å². The molecule has 1 aromatic heterocycles. The molecule has 0 aliphatic carbocycles. The van der Waals surface area contributed by atoms with Gasteiger partial charge in [0.15, 0.2) is 5.78 Å². The van der Waals surface area contributed by atoms with Crippen molar-refractivity contribution in [3.63, 3.8) is 0 Å². The lowest BCUT2D eigenvalue weighted by atomic mass is 10.0. The average molecular weight is 329 g/mol. The number of aromatic nitrogens is 1. The Morgan fingerprint density at radius 1 is 1.33 bits per heavy atom. The Bertz CT molecular complexity index is 586. The molecule has 2 nitrogen and oxygen atoms in total. The fourth-order valence-corrected chi connectivity index (χ4v) is 1.93. The van der Waals surface area contributed by atoms with Crippen LogP contribution in [-0.2, 0) is 6.42 Å². The van der Waals surface area contributed by atoms with Crippen LogP contribution in [0.25, 0.3) is 0 Å². The van der Waals surface area contributed by atoms with Gasteiger partial charge in [-0.15, -0.1) is 0 Å². The Balaban J connectivity index is 2.18. The number of Topliss-reactive ketones (excluding diaryl/α,β-unsaturated/α-hetero) is 1. The van der Waals surface area contributed by atoms with Gasteiger partial charge in [-0.25, -0.2) is 9.37 Å². The van der Waals surface area contributed by atoms with Crippen LogP contribution in [0.1, 0.15) is 15.9 Å². The van der Waals surface area contributed by atoms with E-state index in [2.05, 4.69) is 20.9 Å². The number of hydrogen-bond donors (Lipinski definition) is 0. The molecule has 0 fully saturated rings. The summed E-state index contributed by atoms with van der Waals surface area (Å²) >= 11 is 8.80. The summed E-state index contributed by atoms with van der Waals surface area (Å²) in [4.78, 5) is 15.7. The van der Waals surface area contributed by atoms with E-state index in [-0.39, 0.29) is 12.2 Å². The number of ketones is 1. The first kappa shape index (κ1) is 13.2. The monoisotopic (exact) mass is 327 g/mol. The summed E-state index contributed by atoms with van der Waals surface area (Å²) in [6.07, 6.45) is 1.39. The maximum atomic E-state index is 13.6. The van der Waals surface area contributed by atoms with Gasteiger partial charge in [-0.05, 0) is 29.8 Å². The molecule has 1 aromatic carbocycles. The summed E-state index contributed by atoms with van der Waals surface area (Å²) in [5, 5.41) is 0.321. The first-order valence-corrected chi connectivity index (χ1v) is 6.32. The summed E-state index contributed by atoms with van der Waals surface area (Å²) in [5.74, 6) is -0.597. The van der Waals surface area contributed by atoms with Gasteiger partial charge in [0.1, 0.15) is 11.0 Å². The topological polar surface area (TPSA) is 30.0 Å². The van der Waals surface area contributed by atoms with Crippen LogP contribution in [-0.4, -0.2) is 10.8 Å². The summed E-state index contributed by atoms with van der Waals surface area (Å²) in [5.41, 5.74) is 0.778. The van der Waals surface area contributed by atoms with Crippen molar-refractivity contribution in [2.75, 3.05) is 0 Å². The predicted octanol–water partition coefficient (Wildman–Crippen LogP) is 4.06. The van der Waals surface area contributed by atoms with E-state index in [1.807, 2.05) is 0 Å². The zero-order chi connectivity index (χ0) is 13.1. The van der Waals surface area contributed by atoms with E-state index in [1.54, 1.807) is 18.2 Å². The molecule has 5 heteroatoms. The third kappa shape index (κ3) is 3.15. The van der Waals surface area contributed by atoms with Crippen molar-refractivity contribution in [1.82, 2.24) is 4.98 Å². The molecule has 92 valence electrons. The van der Waals surface area contributed by atoms with Crippen LogP contribution in [0.2, 0.25) is 5.15 Å². The zero-order valence-electron chi connectivity index (χ0n) is 9.16. The average Bonchev–Trinajstić information content (AvgIpc) is 2.33. The highest BCUT2D eigenvalue weighted by atomic mass is 79.9. The Labute approximate surface area is 117 Å². The van der Waals surface area contributed by atoms with Crippen molar-refractivity contribution in [2.45, 2.75) is 6.42 Å². The first-order valence-electron chi connectivity index (χ1n) is 5.15. The number of pyridine rings is 1. The lowest BCUT2D eigenvalue weighted by Gasteiger charge is -2.03. The Kier molecular flexibility index (Phi) is 4.09. The molecule has 0 aliphatic rings. The van der Waals surface area contributed by atoms with E-state index in [0.717, 1.165) is 0 Å². The molecule has 0 unspecified atom stereocenters. The lowest BCUT2D eigenvalue weighted by molar-refractivity contribution is 0.0991. The number of hydrogen-bond acceptors (Lipinski definition) is 2. The standard InChI is InChI=1S/C13H8BrClFNO/c14-10-3-1-8(11(16)6-10)5-12(18)9-2-4-13(15)17-7-9/h1-4,6-7H,5H2. The molecule has 0 N–H and O–H groups in total. The molecule has 0 aliphatic heterocycles. The number of carbonyl (C=O) groups excluding carboxylic acids is 1. The van der Waals surface area contributed by atoms with Crippen LogP contribution in [0.15, 0.2) is 41.0 Å². The molecular weight excluding hydrogens is 321 g/mol. The third-order valence-electron chi connectivity index (χ3n) is 2.42. The minimum Gasteiger partial charge on any atom is -0.294 e. The summed E-state index contributed by atoms with van der Waals surface area (Å²) in [6, 6.07) is 7.73. The molecule has 2 aromatic rings. The number of halogens is 3. The van der Waals surface area contributed by atoms with Crippen molar-refractivity contribution >= 4 is 33.3 Å². The summed E-state index contributed by atoms with van der Waals surface area (Å²) in [6.45, 7) is 0. The highest BCUT2D eigenvalue weighted by Crippen LogP contribution is 2.17. The van der Waals surface area contributed by atoms with Gasteiger partial charge in [0.2, 0.25) is 0 Å². The van der Waals surface area contributed by atoms with E-state index in [1.165, 1.54) is 18.3 Å². The first-order chi connectivity index (χ1) is 8.56. The SMILES string of the molecule is O=C(Cc1ccc(Br)cc1F)c1ccc(Cl)nc1. The maximum absolute atomic E-state index is 13.6. The van der Waals surface area contributed by atoms with Crippen molar-refractivity contribution < 1.29 is 9.18 Å². The number of rotatable bonds is 3. The quantitative estimate of drug-likeness (QED) is 0.628. The highest BCUT2D eigenvalue weighted by molar-refractivity contribution is 9.10. The molecule has 0 spiro atoms. The number of nitrogens with zero attached hydrogens (tertiary/aromatic N) is 1. The second kappa shape index (κ2) is 5.59. The van der Waals surface area contributed by atoms with Gasteiger partial charge in [0.25, 0.3) is 0 Å². The smallest absolute Gasteiger partial charge is 0.168 e. The van der Waals surface area contributed by atoms with Gasteiger partial charge in [-0.2, -0.15) is 0 Å². The van der Waals surface area contributed by atoms with E-state index in [4.69, 9.17) is 11.6 Å². The van der Waals surface area contributed by atoms with Crippen molar-refractivity contribution in [3.05, 3.63) is 63.1 Å². The Morgan fingerprint density at radius 3 is 2.72 bits per heavy atom. The van der Waals surface area contributed by atoms with Crippen molar-refractivity contribution in [3.8, 4) is 0 Å². The minimum absolute atomic E-state index is 0.00241. The number of benzene rings is 1. The Morgan fingerprint density at radius 2 is 2.11 bits per heavy atom. The lowest BCUT2D eigenvalue weighted by Crippen LogP contribution is -2.05. The van der Waals surface area contributed by atoms with Gasteiger partial charge < -0.3 is 0 Å². The summed E-state index contributed by atoms with van der Waals surface area (Å²) in [7, 11) is 0. The molecule has 2 rings (SSSR count). The maximum Gasteiger partial charge on any atom is 0.168 e. The van der Waals surface area contributed by atoms with Crippen LogP contribution < -0.4 is 0 Å². The van der Waals surface area contributed by atoms with Gasteiger partial charge >= 0.3 is 0 Å². The number of carbonyl (C=O) groups is 1. The molecule has 18 heavy (non-hydrogen) atoms. The molecule has 0 atom stereocenters. The fraction of sp³-hybridized carbons (Fsp3) is 0.0769. The van der Waals surface area contributed by atoms with E-state index in [9.17, 15) is 9.18 Å². The van der Waals surface area contributed by atoms with Crippen LogP contribution in [0.3, 0.4) is 0 Å². The predicted molar refractivity (Wildman–Crippen MR) is 71.4 cm³/mol. The highest BCUT2D eigenvalue weighted by Gasteiger charge is 2.11. The zero-order valence-corrected chi connectivity index (χ0v) is 11.5. The molecule has 0 saturated carbocycles.